The van der Waals surface area contributed by atoms with Crippen LogP contribution in [0.3, 0.4) is 0 Å². The molecule has 0 aromatic carbocycles. The standard InChI is InChI=1S/C8H22N4O4S4/c9-7(5-19(13)15-11)1-3-17-18-4-2-8(10)6-20(14)16-12/h7-8H,1-6,9-12H2. The summed E-state index contributed by atoms with van der Waals surface area (Å²) >= 11 is -3.02. The minimum Gasteiger partial charge on any atom is -0.327 e. The van der Waals surface area contributed by atoms with E-state index in [2.05, 4.69) is 8.57 Å². The Bertz CT molecular complexity index is 272. The van der Waals surface area contributed by atoms with Gasteiger partial charge in [-0.2, -0.15) is 11.8 Å². The summed E-state index contributed by atoms with van der Waals surface area (Å²) in [5.74, 6) is 11.7. The first kappa shape index (κ1) is 20.8. The molecule has 0 fully saturated rings. The molecule has 12 heteroatoms. The lowest BCUT2D eigenvalue weighted by Gasteiger charge is -2.10. The molecule has 0 bridgehead atoms. The Hall–Kier alpha value is 0.760. The zero-order valence-electron chi connectivity index (χ0n) is 11.0. The molecule has 4 atom stereocenters. The van der Waals surface area contributed by atoms with Crippen LogP contribution in [-0.4, -0.2) is 43.5 Å². The lowest BCUT2D eigenvalue weighted by Crippen LogP contribution is -2.29. The van der Waals surface area contributed by atoms with Gasteiger partial charge in [0.1, 0.15) is 0 Å². The maximum absolute atomic E-state index is 11.0. The average molecular weight is 367 g/mol. The summed E-state index contributed by atoms with van der Waals surface area (Å²) in [6.07, 6.45) is 1.45. The normalized spacial score (nSPS) is 17.6. The molecular formula is C8H22N4O4S4. The first-order valence-corrected chi connectivity index (χ1v) is 10.7. The van der Waals surface area contributed by atoms with E-state index in [1.54, 1.807) is 21.6 Å². The topological polar surface area (TPSA) is 157 Å². The SMILES string of the molecule is NOS(=O)CC(N)CCSSCCC(N)CS(=O)ON. The molecule has 0 spiro atoms. The molecule has 0 aromatic rings. The lowest BCUT2D eigenvalue weighted by atomic mass is 10.3. The highest BCUT2D eigenvalue weighted by Crippen LogP contribution is 2.23. The van der Waals surface area contributed by atoms with Crippen molar-refractivity contribution in [1.82, 2.24) is 0 Å². The van der Waals surface area contributed by atoms with Crippen molar-refractivity contribution in [3.05, 3.63) is 0 Å². The predicted octanol–water partition coefficient (Wildman–Crippen LogP) is -1.09. The van der Waals surface area contributed by atoms with E-state index in [9.17, 15) is 8.42 Å². The van der Waals surface area contributed by atoms with Crippen LogP contribution in [0.2, 0.25) is 0 Å². The Morgan fingerprint density at radius 1 is 0.850 bits per heavy atom. The van der Waals surface area contributed by atoms with Crippen LogP contribution in [0.4, 0.5) is 0 Å². The van der Waals surface area contributed by atoms with Gasteiger partial charge in [-0.3, -0.25) is 0 Å². The maximum atomic E-state index is 11.0. The van der Waals surface area contributed by atoms with Crippen LogP contribution in [-0.2, 0) is 30.7 Å². The predicted molar refractivity (Wildman–Crippen MR) is 86.7 cm³/mol. The van der Waals surface area contributed by atoms with Crippen molar-refractivity contribution in [3.63, 3.8) is 0 Å². The molecule has 8 N–H and O–H groups in total. The van der Waals surface area contributed by atoms with Gasteiger partial charge >= 0.3 is 0 Å². The summed E-state index contributed by atoms with van der Waals surface area (Å²) in [6, 6.07) is -0.391. The van der Waals surface area contributed by atoms with Gasteiger partial charge in [0.05, 0.1) is 11.5 Å². The van der Waals surface area contributed by atoms with Crippen molar-refractivity contribution in [3.8, 4) is 0 Å². The average Bonchev–Trinajstić information content (AvgIpc) is 2.42. The second kappa shape index (κ2) is 13.4. The van der Waals surface area contributed by atoms with Gasteiger partial charge in [-0.15, -0.1) is 0 Å². The molecule has 0 rings (SSSR count). The van der Waals surface area contributed by atoms with Crippen LogP contribution in [0.1, 0.15) is 12.8 Å². The van der Waals surface area contributed by atoms with E-state index in [0.717, 1.165) is 24.3 Å². The molecule has 0 aliphatic carbocycles. The van der Waals surface area contributed by atoms with Crippen LogP contribution in [0, 0.1) is 0 Å². The molecule has 0 radical (unpaired) electrons. The molecule has 0 aliphatic heterocycles. The highest BCUT2D eigenvalue weighted by molar-refractivity contribution is 8.76. The summed E-state index contributed by atoms with van der Waals surface area (Å²) in [5.41, 5.74) is 11.5. The van der Waals surface area contributed by atoms with E-state index < -0.39 is 22.2 Å². The molecule has 0 heterocycles. The van der Waals surface area contributed by atoms with Crippen molar-refractivity contribution in [2.24, 2.45) is 23.3 Å². The Morgan fingerprint density at radius 2 is 1.20 bits per heavy atom. The molecule has 8 nitrogen and oxygen atoms in total. The highest BCUT2D eigenvalue weighted by Gasteiger charge is 2.09. The largest absolute Gasteiger partial charge is 0.327 e. The molecule has 0 saturated heterocycles. The monoisotopic (exact) mass is 366 g/mol. The van der Waals surface area contributed by atoms with E-state index in [0.29, 0.717) is 0 Å². The van der Waals surface area contributed by atoms with Gasteiger partial charge in [-0.25, -0.2) is 17.0 Å². The highest BCUT2D eigenvalue weighted by atomic mass is 33.1. The van der Waals surface area contributed by atoms with Gasteiger partial charge in [-0.05, 0) is 12.8 Å². The fraction of sp³-hybridized carbons (Fsp3) is 1.00. The van der Waals surface area contributed by atoms with E-state index in [4.69, 9.17) is 23.3 Å². The molecular weight excluding hydrogens is 344 g/mol. The van der Waals surface area contributed by atoms with E-state index in [1.165, 1.54) is 0 Å². The molecule has 122 valence electrons. The Balaban J connectivity index is 3.44. The first-order valence-electron chi connectivity index (χ1n) is 5.76. The Labute approximate surface area is 132 Å². The summed E-state index contributed by atoms with van der Waals surface area (Å²) < 4.78 is 30.2. The van der Waals surface area contributed by atoms with Gasteiger partial charge in [0.2, 0.25) is 0 Å². The fourth-order valence-electron chi connectivity index (χ4n) is 1.11. The minimum atomic E-state index is -1.51. The fourth-order valence-corrected chi connectivity index (χ4v) is 4.62. The van der Waals surface area contributed by atoms with Crippen LogP contribution >= 0.6 is 21.6 Å². The molecule has 0 amide bonds. The zero-order valence-corrected chi connectivity index (χ0v) is 14.2. The van der Waals surface area contributed by atoms with E-state index in [1.807, 2.05) is 0 Å². The number of nitrogens with two attached hydrogens (primary N) is 4. The van der Waals surface area contributed by atoms with Gasteiger partial charge in [-0.1, -0.05) is 21.6 Å². The molecule has 0 saturated carbocycles. The Morgan fingerprint density at radius 3 is 1.50 bits per heavy atom. The summed E-state index contributed by atoms with van der Waals surface area (Å²) in [6.45, 7) is 0. The third kappa shape index (κ3) is 12.5. The van der Waals surface area contributed by atoms with Crippen molar-refractivity contribution in [2.45, 2.75) is 24.9 Å². The summed E-state index contributed by atoms with van der Waals surface area (Å²) in [7, 11) is 3.32. The zero-order chi connectivity index (χ0) is 15.4. The third-order valence-corrected chi connectivity index (χ3v) is 6.44. The molecule has 20 heavy (non-hydrogen) atoms. The van der Waals surface area contributed by atoms with Crippen molar-refractivity contribution >= 4 is 43.7 Å². The van der Waals surface area contributed by atoms with Crippen LogP contribution in [0.25, 0.3) is 0 Å². The minimum absolute atomic E-state index is 0.195. The molecule has 0 aliphatic rings. The second-order valence-corrected chi connectivity index (χ2v) is 8.84. The first-order chi connectivity index (χ1) is 9.49. The van der Waals surface area contributed by atoms with Crippen molar-refractivity contribution in [2.75, 3.05) is 23.0 Å². The number of rotatable bonds is 13. The Kier molecular flexibility index (Phi) is 13.9. The smallest absolute Gasteiger partial charge is 0.174 e. The summed E-state index contributed by atoms with van der Waals surface area (Å²) in [5, 5.41) is 0. The van der Waals surface area contributed by atoms with Crippen molar-refractivity contribution < 1.29 is 17.0 Å². The van der Waals surface area contributed by atoms with Crippen LogP contribution < -0.4 is 23.3 Å². The van der Waals surface area contributed by atoms with Gasteiger partial charge in [0, 0.05) is 23.6 Å². The third-order valence-electron chi connectivity index (χ3n) is 2.14. The van der Waals surface area contributed by atoms with Crippen molar-refractivity contribution in [1.29, 1.82) is 0 Å². The molecule has 4 unspecified atom stereocenters. The van der Waals surface area contributed by atoms with E-state index >= 15 is 0 Å². The summed E-state index contributed by atoms with van der Waals surface area (Å²) in [4.78, 5) is 0. The number of hydrogen-bond acceptors (Lipinski definition) is 10. The maximum Gasteiger partial charge on any atom is 0.174 e. The quantitative estimate of drug-likeness (QED) is 0.179. The van der Waals surface area contributed by atoms with E-state index in [-0.39, 0.29) is 23.6 Å². The molecule has 0 aromatic heterocycles. The lowest BCUT2D eigenvalue weighted by molar-refractivity contribution is 0.364. The van der Waals surface area contributed by atoms with Crippen LogP contribution in [0.15, 0.2) is 0 Å². The second-order valence-electron chi connectivity index (χ2n) is 3.87. The number of hydrogen-bond donors (Lipinski definition) is 4. The van der Waals surface area contributed by atoms with Gasteiger partial charge < -0.3 is 11.5 Å². The van der Waals surface area contributed by atoms with Gasteiger partial charge in [0.15, 0.2) is 22.2 Å². The van der Waals surface area contributed by atoms with Gasteiger partial charge in [0.25, 0.3) is 0 Å². The van der Waals surface area contributed by atoms with Crippen LogP contribution in [0.5, 0.6) is 0 Å².